The molecule has 86 valence electrons. The van der Waals surface area contributed by atoms with Crippen molar-refractivity contribution in [1.82, 2.24) is 20.3 Å². The van der Waals surface area contributed by atoms with Crippen molar-refractivity contribution >= 4 is 0 Å². The van der Waals surface area contributed by atoms with Crippen molar-refractivity contribution in [2.24, 2.45) is 7.05 Å². The lowest BCUT2D eigenvalue weighted by molar-refractivity contribution is 0.412. The summed E-state index contributed by atoms with van der Waals surface area (Å²) in [5.41, 5.74) is 1.05. The summed E-state index contributed by atoms with van der Waals surface area (Å²) in [7, 11) is 1.88. The molecule has 0 fully saturated rings. The first-order valence-corrected chi connectivity index (χ1v) is 5.30. The van der Waals surface area contributed by atoms with Gasteiger partial charge in [-0.05, 0) is 26.0 Å². The predicted octanol–water partition coefficient (Wildman–Crippen LogP) is 1.57. The highest BCUT2D eigenvalue weighted by Gasteiger charge is 2.09. The summed E-state index contributed by atoms with van der Waals surface area (Å²) >= 11 is 0. The van der Waals surface area contributed by atoms with Crippen LogP contribution in [-0.2, 0) is 13.6 Å². The van der Waals surface area contributed by atoms with Crippen LogP contribution in [0.3, 0.4) is 0 Å². The zero-order chi connectivity index (χ0) is 11.5. The topological polar surface area (TPSA) is 55.9 Å². The van der Waals surface area contributed by atoms with Crippen molar-refractivity contribution in [3.63, 3.8) is 0 Å². The predicted molar refractivity (Wildman–Crippen MR) is 59.7 cm³/mol. The number of nitrogens with zero attached hydrogens (tertiary/aromatic N) is 3. The molecule has 1 atom stereocenters. The van der Waals surface area contributed by atoms with Gasteiger partial charge in [0, 0.05) is 13.6 Å². The third-order valence-electron chi connectivity index (χ3n) is 2.59. The van der Waals surface area contributed by atoms with Crippen molar-refractivity contribution in [3.8, 4) is 0 Å². The Morgan fingerprint density at radius 2 is 2.31 bits per heavy atom. The monoisotopic (exact) mass is 220 g/mol. The first kappa shape index (κ1) is 10.9. The van der Waals surface area contributed by atoms with E-state index in [4.69, 9.17) is 4.42 Å². The maximum atomic E-state index is 5.54. The van der Waals surface area contributed by atoms with E-state index >= 15 is 0 Å². The van der Waals surface area contributed by atoms with Gasteiger partial charge in [-0.1, -0.05) is 5.21 Å². The van der Waals surface area contributed by atoms with Gasteiger partial charge >= 0.3 is 0 Å². The van der Waals surface area contributed by atoms with E-state index < -0.39 is 0 Å². The van der Waals surface area contributed by atoms with Gasteiger partial charge in [-0.2, -0.15) is 0 Å². The van der Waals surface area contributed by atoms with Gasteiger partial charge in [-0.15, -0.1) is 5.10 Å². The molecular formula is C11H16N4O. The molecule has 0 spiro atoms. The van der Waals surface area contributed by atoms with E-state index in [1.165, 1.54) is 0 Å². The molecule has 1 unspecified atom stereocenters. The van der Waals surface area contributed by atoms with E-state index in [1.807, 2.05) is 26.1 Å². The van der Waals surface area contributed by atoms with Crippen LogP contribution < -0.4 is 5.32 Å². The Bertz CT molecular complexity index is 460. The van der Waals surface area contributed by atoms with Crippen LogP contribution in [-0.4, -0.2) is 15.0 Å². The number of aryl methyl sites for hydroxylation is 2. The lowest BCUT2D eigenvalue weighted by atomic mass is 10.2. The highest BCUT2D eigenvalue weighted by molar-refractivity contribution is 5.09. The Morgan fingerprint density at radius 3 is 2.88 bits per heavy atom. The average Bonchev–Trinajstić information content (AvgIpc) is 2.84. The van der Waals surface area contributed by atoms with Gasteiger partial charge in [0.1, 0.15) is 11.5 Å². The van der Waals surface area contributed by atoms with Crippen LogP contribution in [0.25, 0.3) is 0 Å². The van der Waals surface area contributed by atoms with E-state index in [0.717, 1.165) is 23.8 Å². The van der Waals surface area contributed by atoms with Crippen LogP contribution >= 0.6 is 0 Å². The van der Waals surface area contributed by atoms with Crippen LogP contribution in [0.5, 0.6) is 0 Å². The van der Waals surface area contributed by atoms with Crippen LogP contribution in [0.2, 0.25) is 0 Å². The van der Waals surface area contributed by atoms with E-state index in [9.17, 15) is 0 Å². The van der Waals surface area contributed by atoms with E-state index in [1.54, 1.807) is 10.9 Å². The molecule has 0 saturated heterocycles. The SMILES string of the molecule is Cc1ccc(C(C)NCc2cnnn2C)o1. The summed E-state index contributed by atoms with van der Waals surface area (Å²) < 4.78 is 7.30. The van der Waals surface area contributed by atoms with Crippen molar-refractivity contribution in [2.75, 3.05) is 0 Å². The molecule has 0 radical (unpaired) electrons. The van der Waals surface area contributed by atoms with Gasteiger partial charge in [0.25, 0.3) is 0 Å². The molecule has 1 N–H and O–H groups in total. The van der Waals surface area contributed by atoms with Crippen molar-refractivity contribution in [2.45, 2.75) is 26.4 Å². The largest absolute Gasteiger partial charge is 0.465 e. The van der Waals surface area contributed by atoms with Gasteiger partial charge in [-0.25, -0.2) is 0 Å². The lowest BCUT2D eigenvalue weighted by Crippen LogP contribution is -2.19. The number of hydrogen-bond donors (Lipinski definition) is 1. The van der Waals surface area contributed by atoms with E-state index in [0.29, 0.717) is 0 Å². The minimum atomic E-state index is 0.184. The molecular weight excluding hydrogens is 204 g/mol. The summed E-state index contributed by atoms with van der Waals surface area (Å²) in [6.07, 6.45) is 1.76. The molecule has 16 heavy (non-hydrogen) atoms. The molecule has 0 bridgehead atoms. The summed E-state index contributed by atoms with van der Waals surface area (Å²) in [6.45, 7) is 4.74. The Balaban J connectivity index is 1.93. The second-order valence-electron chi connectivity index (χ2n) is 3.90. The van der Waals surface area contributed by atoms with Gasteiger partial charge in [0.05, 0.1) is 17.9 Å². The third kappa shape index (κ3) is 2.30. The summed E-state index contributed by atoms with van der Waals surface area (Å²) in [4.78, 5) is 0. The van der Waals surface area contributed by atoms with Crippen LogP contribution in [0.15, 0.2) is 22.7 Å². The van der Waals surface area contributed by atoms with Crippen molar-refractivity contribution in [1.29, 1.82) is 0 Å². The normalized spacial score (nSPS) is 12.9. The van der Waals surface area contributed by atoms with Crippen LogP contribution in [0.4, 0.5) is 0 Å². The van der Waals surface area contributed by atoms with Crippen LogP contribution in [0.1, 0.15) is 30.2 Å². The average molecular weight is 220 g/mol. The molecule has 0 amide bonds. The molecule has 2 aromatic rings. The maximum absolute atomic E-state index is 5.54. The Morgan fingerprint density at radius 1 is 1.50 bits per heavy atom. The first-order chi connectivity index (χ1) is 7.66. The van der Waals surface area contributed by atoms with Crippen molar-refractivity contribution < 1.29 is 4.42 Å². The molecule has 0 aliphatic heterocycles. The molecule has 0 saturated carbocycles. The molecule has 0 aliphatic carbocycles. The summed E-state index contributed by atoms with van der Waals surface area (Å²) in [5, 5.41) is 11.1. The molecule has 0 aliphatic rings. The van der Waals surface area contributed by atoms with E-state index in [-0.39, 0.29) is 6.04 Å². The Kier molecular flexibility index (Phi) is 3.05. The maximum Gasteiger partial charge on any atom is 0.120 e. The van der Waals surface area contributed by atoms with Gasteiger partial charge in [0.15, 0.2) is 0 Å². The lowest BCUT2D eigenvalue weighted by Gasteiger charge is -2.10. The number of hydrogen-bond acceptors (Lipinski definition) is 4. The fourth-order valence-electron chi connectivity index (χ4n) is 1.52. The fraction of sp³-hybridized carbons (Fsp3) is 0.455. The standard InChI is InChI=1S/C11H16N4O/c1-8-4-5-11(16-8)9(2)12-6-10-7-13-14-15(10)3/h4-5,7,9,12H,6H2,1-3H3. The van der Waals surface area contributed by atoms with Crippen LogP contribution in [0, 0.1) is 6.92 Å². The van der Waals surface area contributed by atoms with Gasteiger partial charge < -0.3 is 9.73 Å². The highest BCUT2D eigenvalue weighted by Crippen LogP contribution is 2.15. The number of nitrogens with one attached hydrogen (secondary N) is 1. The minimum absolute atomic E-state index is 0.184. The number of rotatable bonds is 4. The Hall–Kier alpha value is -1.62. The summed E-state index contributed by atoms with van der Waals surface area (Å²) in [5.74, 6) is 1.89. The molecule has 0 aromatic carbocycles. The first-order valence-electron chi connectivity index (χ1n) is 5.30. The fourth-order valence-corrected chi connectivity index (χ4v) is 1.52. The van der Waals surface area contributed by atoms with E-state index in [2.05, 4.69) is 22.6 Å². The zero-order valence-corrected chi connectivity index (χ0v) is 9.77. The number of furan rings is 1. The number of aromatic nitrogens is 3. The second-order valence-corrected chi connectivity index (χ2v) is 3.90. The second kappa shape index (κ2) is 4.49. The molecule has 2 rings (SSSR count). The van der Waals surface area contributed by atoms with Gasteiger partial charge in [-0.3, -0.25) is 4.68 Å². The molecule has 5 nitrogen and oxygen atoms in total. The quantitative estimate of drug-likeness (QED) is 0.849. The van der Waals surface area contributed by atoms with Gasteiger partial charge in [0.2, 0.25) is 0 Å². The molecule has 2 heterocycles. The molecule has 5 heteroatoms. The third-order valence-corrected chi connectivity index (χ3v) is 2.59. The molecule has 2 aromatic heterocycles. The highest BCUT2D eigenvalue weighted by atomic mass is 16.3. The summed E-state index contributed by atoms with van der Waals surface area (Å²) in [6, 6.07) is 4.15. The Labute approximate surface area is 94.5 Å². The minimum Gasteiger partial charge on any atom is -0.465 e. The zero-order valence-electron chi connectivity index (χ0n) is 9.77. The van der Waals surface area contributed by atoms with Crippen molar-refractivity contribution in [3.05, 3.63) is 35.5 Å². The smallest absolute Gasteiger partial charge is 0.120 e.